The van der Waals surface area contributed by atoms with Gasteiger partial charge in [0.25, 0.3) is 5.78 Å². The lowest BCUT2D eigenvalue weighted by atomic mass is 10.1. The average molecular weight is 352 g/mol. The summed E-state index contributed by atoms with van der Waals surface area (Å²) >= 11 is 0. The van der Waals surface area contributed by atoms with Crippen LogP contribution in [0.4, 0.5) is 11.4 Å². The Bertz CT molecular complexity index is 1070. The third kappa shape index (κ3) is 2.41. The van der Waals surface area contributed by atoms with Crippen molar-refractivity contribution in [1.29, 1.82) is 0 Å². The van der Waals surface area contributed by atoms with E-state index < -0.39 is 5.78 Å². The number of fused-ring (bicyclic) bond motifs is 2. The van der Waals surface area contributed by atoms with E-state index in [1.807, 2.05) is 0 Å². The molecular formula is C19H16N2O5. The van der Waals surface area contributed by atoms with Gasteiger partial charge in [0.1, 0.15) is 0 Å². The van der Waals surface area contributed by atoms with E-state index >= 15 is 0 Å². The molecule has 2 heterocycles. The van der Waals surface area contributed by atoms with Crippen LogP contribution in [0.5, 0.6) is 11.5 Å². The summed E-state index contributed by atoms with van der Waals surface area (Å²) < 4.78 is 21.9. The fourth-order valence-corrected chi connectivity index (χ4v) is 2.93. The average Bonchev–Trinajstić information content (AvgIpc) is 3.23. The van der Waals surface area contributed by atoms with Gasteiger partial charge in [-0.15, -0.1) is 0 Å². The van der Waals surface area contributed by atoms with Crippen LogP contribution in [0.1, 0.15) is 16.3 Å². The molecule has 0 aliphatic rings. The number of ether oxygens (including phenoxy) is 2. The van der Waals surface area contributed by atoms with Crippen molar-refractivity contribution in [3.8, 4) is 11.5 Å². The summed E-state index contributed by atoms with van der Waals surface area (Å²) in [6.07, 6.45) is 0. The van der Waals surface area contributed by atoms with Crippen molar-refractivity contribution in [2.24, 2.45) is 0 Å². The molecule has 4 N–H and O–H groups in total. The SMILES string of the molecule is COc1cc(N)cc2cc(C(=O)c3cc4cc(N)cc(OC)c4o3)oc12. The Hall–Kier alpha value is -3.61. The van der Waals surface area contributed by atoms with Gasteiger partial charge in [0.05, 0.1) is 14.2 Å². The van der Waals surface area contributed by atoms with Crippen molar-refractivity contribution < 1.29 is 23.1 Å². The number of furan rings is 2. The first-order valence-corrected chi connectivity index (χ1v) is 7.79. The molecule has 7 heteroatoms. The highest BCUT2D eigenvalue weighted by Gasteiger charge is 2.22. The van der Waals surface area contributed by atoms with E-state index in [2.05, 4.69) is 0 Å². The molecule has 0 radical (unpaired) electrons. The van der Waals surface area contributed by atoms with E-state index in [1.165, 1.54) is 14.2 Å². The number of hydrogen-bond acceptors (Lipinski definition) is 7. The van der Waals surface area contributed by atoms with Gasteiger partial charge >= 0.3 is 0 Å². The molecule has 0 bridgehead atoms. The van der Waals surface area contributed by atoms with E-state index in [9.17, 15) is 4.79 Å². The number of anilines is 2. The van der Waals surface area contributed by atoms with Gasteiger partial charge in [-0.25, -0.2) is 0 Å². The van der Waals surface area contributed by atoms with Gasteiger partial charge in [-0.3, -0.25) is 4.79 Å². The largest absolute Gasteiger partial charge is 0.493 e. The van der Waals surface area contributed by atoms with Crippen molar-refractivity contribution in [2.45, 2.75) is 0 Å². The van der Waals surface area contributed by atoms with Crippen molar-refractivity contribution in [2.75, 3.05) is 25.7 Å². The fourth-order valence-electron chi connectivity index (χ4n) is 2.93. The number of carbonyl (C=O) groups is 1. The van der Waals surface area contributed by atoms with Crippen LogP contribution in [0.15, 0.2) is 45.2 Å². The number of rotatable bonds is 4. The third-order valence-corrected chi connectivity index (χ3v) is 4.10. The standard InChI is InChI=1S/C19H16N2O5/c1-23-15-7-11(20)3-9-5-13(25-18(9)15)17(22)14-6-10-4-12(21)8-16(24-2)19(10)26-14/h3-8H,20-21H2,1-2H3. The Kier molecular flexibility index (Phi) is 3.50. The predicted molar refractivity (Wildman–Crippen MR) is 97.8 cm³/mol. The number of carbonyl (C=O) groups excluding carboxylic acids is 1. The molecular weight excluding hydrogens is 336 g/mol. The van der Waals surface area contributed by atoms with Crippen molar-refractivity contribution in [3.63, 3.8) is 0 Å². The highest BCUT2D eigenvalue weighted by atomic mass is 16.5. The van der Waals surface area contributed by atoms with E-state index in [1.54, 1.807) is 36.4 Å². The number of methoxy groups -OCH3 is 2. The van der Waals surface area contributed by atoms with E-state index in [0.29, 0.717) is 44.8 Å². The topological polar surface area (TPSA) is 114 Å². The number of ketones is 1. The van der Waals surface area contributed by atoms with Crippen LogP contribution in [0, 0.1) is 0 Å². The quantitative estimate of drug-likeness (QED) is 0.426. The highest BCUT2D eigenvalue weighted by molar-refractivity contribution is 6.10. The monoisotopic (exact) mass is 352 g/mol. The molecule has 0 aliphatic carbocycles. The summed E-state index contributed by atoms with van der Waals surface area (Å²) in [7, 11) is 3.02. The zero-order valence-electron chi connectivity index (χ0n) is 14.2. The summed E-state index contributed by atoms with van der Waals surface area (Å²) in [5, 5.41) is 1.34. The molecule has 4 rings (SSSR count). The zero-order valence-corrected chi connectivity index (χ0v) is 14.2. The van der Waals surface area contributed by atoms with Crippen LogP contribution in [0.2, 0.25) is 0 Å². The lowest BCUT2D eigenvalue weighted by molar-refractivity contribution is 0.0987. The first kappa shape index (κ1) is 15.9. The summed E-state index contributed by atoms with van der Waals surface area (Å²) in [5.41, 5.74) is 13.6. The molecule has 0 spiro atoms. The molecule has 0 amide bonds. The number of hydrogen-bond donors (Lipinski definition) is 2. The van der Waals surface area contributed by atoms with E-state index in [-0.39, 0.29) is 11.5 Å². The minimum Gasteiger partial charge on any atom is -0.493 e. The van der Waals surface area contributed by atoms with E-state index in [0.717, 1.165) is 0 Å². The van der Waals surface area contributed by atoms with Gasteiger partial charge in [0.2, 0.25) is 0 Å². The molecule has 0 fully saturated rings. The minimum absolute atomic E-state index is 0.120. The normalized spacial score (nSPS) is 11.2. The molecule has 132 valence electrons. The summed E-state index contributed by atoms with van der Waals surface area (Å²) in [4.78, 5) is 12.8. The molecule has 0 unspecified atom stereocenters. The van der Waals surface area contributed by atoms with Gasteiger partial charge in [0.15, 0.2) is 34.2 Å². The van der Waals surface area contributed by atoms with Crippen LogP contribution >= 0.6 is 0 Å². The number of benzene rings is 2. The maximum atomic E-state index is 12.8. The second-order valence-corrected chi connectivity index (χ2v) is 5.83. The van der Waals surface area contributed by atoms with Gasteiger partial charge in [0, 0.05) is 34.3 Å². The van der Waals surface area contributed by atoms with Gasteiger partial charge in [-0.1, -0.05) is 0 Å². The molecule has 0 atom stereocenters. The van der Waals surface area contributed by atoms with Crippen LogP contribution in [-0.4, -0.2) is 20.0 Å². The lowest BCUT2D eigenvalue weighted by Gasteiger charge is -2.01. The smallest absolute Gasteiger partial charge is 0.263 e. The molecule has 4 aromatic rings. The van der Waals surface area contributed by atoms with Crippen LogP contribution in [0.25, 0.3) is 21.9 Å². The van der Waals surface area contributed by atoms with E-state index in [4.69, 9.17) is 29.8 Å². The summed E-state index contributed by atoms with van der Waals surface area (Å²) in [5.74, 6) is 0.750. The van der Waals surface area contributed by atoms with Crippen molar-refractivity contribution >= 4 is 39.1 Å². The van der Waals surface area contributed by atoms with Crippen LogP contribution < -0.4 is 20.9 Å². The minimum atomic E-state index is -0.404. The molecule has 0 aliphatic heterocycles. The Morgan fingerprint density at radius 2 is 1.19 bits per heavy atom. The first-order chi connectivity index (χ1) is 12.5. The molecule has 2 aromatic heterocycles. The Labute approximate surface area is 148 Å². The van der Waals surface area contributed by atoms with Crippen molar-refractivity contribution in [3.05, 3.63) is 47.9 Å². The second kappa shape index (κ2) is 5.73. The maximum absolute atomic E-state index is 12.8. The molecule has 0 saturated heterocycles. The third-order valence-electron chi connectivity index (χ3n) is 4.10. The number of nitrogens with two attached hydrogens (primary N) is 2. The maximum Gasteiger partial charge on any atom is 0.263 e. The van der Waals surface area contributed by atoms with Crippen molar-refractivity contribution in [1.82, 2.24) is 0 Å². The van der Waals surface area contributed by atoms with Gasteiger partial charge in [-0.2, -0.15) is 0 Å². The highest BCUT2D eigenvalue weighted by Crippen LogP contribution is 2.35. The summed E-state index contributed by atoms with van der Waals surface area (Å²) in [6.45, 7) is 0. The predicted octanol–water partition coefficient (Wildman–Crippen LogP) is 3.59. The first-order valence-electron chi connectivity index (χ1n) is 7.79. The molecule has 7 nitrogen and oxygen atoms in total. The zero-order chi connectivity index (χ0) is 18.4. The Balaban J connectivity index is 1.83. The molecule has 26 heavy (non-hydrogen) atoms. The number of nitrogen functional groups attached to an aromatic ring is 2. The van der Waals surface area contributed by atoms with Crippen LogP contribution in [-0.2, 0) is 0 Å². The molecule has 0 saturated carbocycles. The van der Waals surface area contributed by atoms with Crippen LogP contribution in [0.3, 0.4) is 0 Å². The Morgan fingerprint density at radius 1 is 0.769 bits per heavy atom. The lowest BCUT2D eigenvalue weighted by Crippen LogP contribution is -1.96. The second-order valence-electron chi connectivity index (χ2n) is 5.83. The fraction of sp³-hybridized carbons (Fsp3) is 0.105. The summed E-state index contributed by atoms with van der Waals surface area (Å²) in [6, 6.07) is 9.90. The molecule has 2 aromatic carbocycles. The van der Waals surface area contributed by atoms with Gasteiger partial charge < -0.3 is 29.8 Å². The Morgan fingerprint density at radius 3 is 1.58 bits per heavy atom. The van der Waals surface area contributed by atoms with Gasteiger partial charge in [-0.05, 0) is 24.3 Å².